The monoisotopic (exact) mass is 1420 g/mol. The van der Waals surface area contributed by atoms with Gasteiger partial charge in [-0.3, -0.25) is 14.4 Å². The van der Waals surface area contributed by atoms with E-state index in [4.69, 9.17) is 71.1 Å². The molecule has 8 aliphatic heterocycles. The highest BCUT2D eigenvalue weighted by Gasteiger charge is 2.61. The lowest BCUT2D eigenvalue weighted by atomic mass is 9.93. The molecule has 0 spiro atoms. The smallest absolute Gasteiger partial charge is 0.217 e. The number of hydrogen-bond acceptors (Lipinski definition) is 40. The molecule has 43 nitrogen and oxygen atoms in total. The van der Waals surface area contributed by atoms with Crippen LogP contribution in [0.5, 0.6) is 0 Å². The van der Waals surface area contributed by atoms with Crippen molar-refractivity contribution in [1.82, 2.24) is 16.0 Å². The second-order valence-electron chi connectivity index (χ2n) is 24.6. The number of ether oxygens (including phenoxy) is 15. The highest BCUT2D eigenvalue weighted by Crippen LogP contribution is 2.40. The van der Waals surface area contributed by atoms with Crippen molar-refractivity contribution in [3.8, 4) is 0 Å². The third-order valence-electron chi connectivity index (χ3n) is 17.8. The van der Waals surface area contributed by atoms with Gasteiger partial charge in [-0.25, -0.2) is 0 Å². The molecule has 0 bridgehead atoms. The summed E-state index contributed by atoms with van der Waals surface area (Å²) in [6.07, 6.45) is -73.2. The Morgan fingerprint density at radius 3 is 0.979 bits per heavy atom. The fourth-order valence-corrected chi connectivity index (χ4v) is 12.6. The Kier molecular flexibility index (Phi) is 28.3. The number of rotatable bonds is 24. The van der Waals surface area contributed by atoms with Crippen LogP contribution in [0.15, 0.2) is 0 Å². The van der Waals surface area contributed by atoms with Gasteiger partial charge in [0, 0.05) is 20.8 Å². The molecule has 43 heteroatoms. The van der Waals surface area contributed by atoms with Crippen LogP contribution in [0.25, 0.3) is 0 Å². The zero-order valence-corrected chi connectivity index (χ0v) is 52.2. The fourth-order valence-electron chi connectivity index (χ4n) is 12.6. The largest absolute Gasteiger partial charge is 0.394 e. The van der Waals surface area contributed by atoms with E-state index in [-0.39, 0.29) is 0 Å². The summed E-state index contributed by atoms with van der Waals surface area (Å²) in [6.45, 7) is -3.23. The minimum atomic E-state index is -2.34. The van der Waals surface area contributed by atoms with Crippen LogP contribution in [0.3, 0.4) is 0 Å². The van der Waals surface area contributed by atoms with E-state index in [1.807, 2.05) is 0 Å². The molecular weight excluding hydrogens is 1330 g/mol. The summed E-state index contributed by atoms with van der Waals surface area (Å²) >= 11 is 0. The van der Waals surface area contributed by atoms with Crippen molar-refractivity contribution in [2.45, 2.75) is 273 Å². The Bertz CT molecular complexity index is 2490. The molecule has 0 aliphatic carbocycles. The first kappa shape index (κ1) is 79.6. The summed E-state index contributed by atoms with van der Waals surface area (Å²) < 4.78 is 88.0. The minimum absolute atomic E-state index is 0.820. The standard InChI is InChI=1S/C54H91N3O40/c1-12-26(68)34(76)37(79)51(83-12)97-46-45(96-48-23(55-13(2)65)31(73)27(69)16(5-58)85-48)30(72)19(8-61)88-54(46)93-41-22(11-64)90-50(25(33(41)75)57-15(4)67)94-43-28(70)17(6-59)86-52(38(43)80)91-40-21(10-63)89-49(24(32(40)74)56-14(3)66)95-44-29(71)18(7-60)87-53(39(44)81)92-42-20(9-62)84-47(82)36(78)35(42)77/h12,16-54,58-64,68-82H,5-11H2,1-4H3,(H,55,65)(H,56,66)(H,57,67)/t12-,16+,17+,18+,19+,20+,21+,22+,23+,24+,25+,26+,27-,28-,29-,30-,31+,32+,33+,34+,35+,36+,37-,38+,39+,40+,41+,42+,43-,44-,45-,46+,47+,48+,49-,50-,51-,52-,53-,54-/m0/s1. The number of aliphatic hydroxyl groups is 22. The van der Waals surface area contributed by atoms with Gasteiger partial charge in [0.25, 0.3) is 0 Å². The van der Waals surface area contributed by atoms with Gasteiger partial charge in [0.05, 0.1) is 52.4 Å². The van der Waals surface area contributed by atoms with Crippen LogP contribution < -0.4 is 16.0 Å². The number of carbonyl (C=O) groups excluding carboxylic acids is 3. The molecule has 40 atom stereocenters. The number of carbonyl (C=O) groups is 3. The van der Waals surface area contributed by atoms with Crippen LogP contribution in [0.2, 0.25) is 0 Å². The summed E-state index contributed by atoms with van der Waals surface area (Å²) in [6, 6.07) is -5.54. The third-order valence-corrected chi connectivity index (χ3v) is 17.8. The Hall–Kier alpha value is -3.07. The number of amides is 3. The van der Waals surface area contributed by atoms with E-state index in [1.54, 1.807) is 0 Å². The molecule has 8 fully saturated rings. The van der Waals surface area contributed by atoms with Gasteiger partial charge in [-0.15, -0.1) is 0 Å². The molecule has 97 heavy (non-hydrogen) atoms. The minimum Gasteiger partial charge on any atom is -0.394 e. The SMILES string of the molecule is CC(=O)N[C@H]1[C@H](O[C@H]2[C@@H](O)[C@@H](CO)O[C@@H](O[C@H]3[C@H](O)[C@@H](O)[C@H](O)O[C@@H]3CO)[C@@H]2O)O[C@H](CO)[C@@H](O[C@@H]2O[C@H](CO)[C@H](O)[C@H](O[C@@H]3O[C@H](CO)[C@@H](O[C@@H]4O[C@H](CO)[C@H](O)[C@H](O[C@H]5O[C@H](CO)[C@H](O)[C@H](O)[C@H]5NC(C)=O)[C@H]4O[C@@H]4O[C@@H](C)[C@@H](O)[C@@H](O)[C@@H]4O)[C@H](O)[C@H]3NC(C)=O)[C@H]2O)[C@@H]1O. The van der Waals surface area contributed by atoms with Gasteiger partial charge in [-0.05, 0) is 6.92 Å². The summed E-state index contributed by atoms with van der Waals surface area (Å²) in [5, 5.41) is 248. The molecule has 8 aliphatic rings. The molecule has 0 aromatic carbocycles. The summed E-state index contributed by atoms with van der Waals surface area (Å²) in [5.41, 5.74) is 0. The first-order chi connectivity index (χ1) is 45.9. The molecule has 0 aromatic rings. The third kappa shape index (κ3) is 17.3. The molecule has 8 rings (SSSR count). The van der Waals surface area contributed by atoms with E-state index in [1.165, 1.54) is 6.92 Å². The highest BCUT2D eigenvalue weighted by molar-refractivity contribution is 5.74. The van der Waals surface area contributed by atoms with Crippen LogP contribution in [0.1, 0.15) is 27.7 Å². The molecule has 562 valence electrons. The van der Waals surface area contributed by atoms with Crippen molar-refractivity contribution < 1.29 is 198 Å². The predicted molar refractivity (Wildman–Crippen MR) is 298 cm³/mol. The maximum atomic E-state index is 13.0. The van der Waals surface area contributed by atoms with E-state index in [2.05, 4.69) is 16.0 Å². The van der Waals surface area contributed by atoms with Crippen molar-refractivity contribution in [2.24, 2.45) is 0 Å². The first-order valence-electron chi connectivity index (χ1n) is 31.0. The first-order valence-corrected chi connectivity index (χ1v) is 31.0. The molecule has 8 heterocycles. The van der Waals surface area contributed by atoms with Crippen molar-refractivity contribution in [3.05, 3.63) is 0 Å². The lowest BCUT2D eigenvalue weighted by Gasteiger charge is -2.52. The van der Waals surface area contributed by atoms with Crippen molar-refractivity contribution in [1.29, 1.82) is 0 Å². The average Bonchev–Trinajstić information content (AvgIpc) is 0.770. The summed E-state index contributed by atoms with van der Waals surface area (Å²) in [5.74, 6) is -2.67. The molecule has 8 saturated heterocycles. The quantitative estimate of drug-likeness (QED) is 0.0427. The Morgan fingerprint density at radius 1 is 0.268 bits per heavy atom. The van der Waals surface area contributed by atoms with E-state index >= 15 is 0 Å². The highest BCUT2D eigenvalue weighted by atomic mass is 16.8. The molecule has 3 amide bonds. The fraction of sp³-hybridized carbons (Fsp3) is 0.944. The Labute approximate surface area is 549 Å². The normalized spacial score (nSPS) is 49.9. The average molecular weight is 1420 g/mol. The lowest BCUT2D eigenvalue weighted by Crippen LogP contribution is -2.71. The van der Waals surface area contributed by atoms with Gasteiger partial charge in [0.1, 0.15) is 189 Å². The van der Waals surface area contributed by atoms with Crippen molar-refractivity contribution >= 4 is 17.7 Å². The van der Waals surface area contributed by atoms with Gasteiger partial charge in [-0.2, -0.15) is 0 Å². The van der Waals surface area contributed by atoms with Crippen LogP contribution >= 0.6 is 0 Å². The summed E-state index contributed by atoms with van der Waals surface area (Å²) in [7, 11) is 0. The van der Waals surface area contributed by atoms with E-state index in [0.717, 1.165) is 20.8 Å². The van der Waals surface area contributed by atoms with Crippen LogP contribution in [-0.2, 0) is 85.4 Å². The van der Waals surface area contributed by atoms with Gasteiger partial charge >= 0.3 is 0 Å². The van der Waals surface area contributed by atoms with Crippen LogP contribution in [0, 0.1) is 0 Å². The van der Waals surface area contributed by atoms with Crippen molar-refractivity contribution in [2.75, 3.05) is 46.2 Å². The maximum Gasteiger partial charge on any atom is 0.217 e. The Balaban J connectivity index is 1.04. The second-order valence-corrected chi connectivity index (χ2v) is 24.6. The zero-order chi connectivity index (χ0) is 71.5. The van der Waals surface area contributed by atoms with Gasteiger partial charge in [0.15, 0.2) is 50.3 Å². The predicted octanol–water partition coefficient (Wildman–Crippen LogP) is -17.0. The molecule has 0 saturated carbocycles. The lowest BCUT2D eigenvalue weighted by molar-refractivity contribution is -0.402. The van der Waals surface area contributed by atoms with E-state index in [9.17, 15) is 127 Å². The van der Waals surface area contributed by atoms with E-state index in [0.29, 0.717) is 0 Å². The zero-order valence-electron chi connectivity index (χ0n) is 52.2. The van der Waals surface area contributed by atoms with Gasteiger partial charge < -0.3 is 199 Å². The molecule has 0 radical (unpaired) electrons. The molecule has 0 unspecified atom stereocenters. The van der Waals surface area contributed by atoms with Crippen LogP contribution in [-0.4, -0.2) is 422 Å². The van der Waals surface area contributed by atoms with Gasteiger partial charge in [0.2, 0.25) is 17.7 Å². The second kappa shape index (κ2) is 34.5. The summed E-state index contributed by atoms with van der Waals surface area (Å²) in [4.78, 5) is 38.2. The molecular formula is C54H91N3O40. The topological polar surface area (TPSA) is 671 Å². The van der Waals surface area contributed by atoms with Crippen LogP contribution in [0.4, 0.5) is 0 Å². The van der Waals surface area contributed by atoms with E-state index < -0.39 is 309 Å². The Morgan fingerprint density at radius 2 is 0.567 bits per heavy atom. The number of aliphatic hydroxyl groups excluding tert-OH is 22. The molecule has 25 N–H and O–H groups in total. The van der Waals surface area contributed by atoms with Crippen molar-refractivity contribution in [3.63, 3.8) is 0 Å². The van der Waals surface area contributed by atoms with Gasteiger partial charge in [-0.1, -0.05) is 0 Å². The number of hydrogen-bond donors (Lipinski definition) is 25. The maximum absolute atomic E-state index is 13.0. The number of nitrogens with one attached hydrogen (secondary N) is 3. The molecule has 0 aromatic heterocycles.